The van der Waals surface area contributed by atoms with Gasteiger partial charge in [0.1, 0.15) is 5.82 Å². The predicted octanol–water partition coefficient (Wildman–Crippen LogP) is 3.98. The second-order valence-electron chi connectivity index (χ2n) is 3.53. The number of halogens is 4. The Morgan fingerprint density at radius 1 is 1.06 bits per heavy atom. The fraction of sp³-hybridized carbons (Fsp3) is 0.0833. The smallest absolute Gasteiger partial charge is 0.351 e. The summed E-state index contributed by atoms with van der Waals surface area (Å²) >= 11 is 0. The monoisotopic (exact) mass is 256 g/mol. The third-order valence-corrected chi connectivity index (χ3v) is 2.25. The van der Waals surface area contributed by atoms with Crippen LogP contribution in [0.15, 0.2) is 42.7 Å². The minimum Gasteiger partial charge on any atom is -0.351 e. The average Bonchev–Trinajstić information content (AvgIpc) is 2.32. The number of hydrogen-bond donors (Lipinski definition) is 1. The van der Waals surface area contributed by atoms with Crippen LogP contribution in [0, 0.1) is 5.82 Å². The van der Waals surface area contributed by atoms with Crippen molar-refractivity contribution in [3.8, 4) is 0 Å². The van der Waals surface area contributed by atoms with E-state index < -0.39 is 23.2 Å². The number of aromatic nitrogens is 1. The van der Waals surface area contributed by atoms with Crippen LogP contribution in [0.25, 0.3) is 0 Å². The summed E-state index contributed by atoms with van der Waals surface area (Å²) < 4.78 is 51.6. The third kappa shape index (κ3) is 2.58. The van der Waals surface area contributed by atoms with Crippen LogP contribution in [0.1, 0.15) is 5.56 Å². The van der Waals surface area contributed by atoms with Gasteiger partial charge < -0.3 is 5.32 Å². The lowest BCUT2D eigenvalue weighted by Crippen LogP contribution is -2.10. The molecule has 0 atom stereocenters. The van der Waals surface area contributed by atoms with Crippen LogP contribution in [0.2, 0.25) is 0 Å². The Labute approximate surface area is 100 Å². The molecule has 2 nitrogen and oxygen atoms in total. The highest BCUT2D eigenvalue weighted by atomic mass is 19.4. The molecule has 6 heteroatoms. The quantitative estimate of drug-likeness (QED) is 0.822. The molecule has 0 aliphatic carbocycles. The highest BCUT2D eigenvalue weighted by Gasteiger charge is 2.34. The fourth-order valence-corrected chi connectivity index (χ4v) is 1.47. The Morgan fingerprint density at radius 2 is 1.83 bits per heavy atom. The van der Waals surface area contributed by atoms with Crippen molar-refractivity contribution in [3.63, 3.8) is 0 Å². The zero-order chi connectivity index (χ0) is 13.2. The SMILES string of the molecule is Fc1cccc(C(F)(F)F)c1Nc1cccnc1. The number of nitrogens with zero attached hydrogens (tertiary/aromatic N) is 1. The summed E-state index contributed by atoms with van der Waals surface area (Å²) in [6.45, 7) is 0. The van der Waals surface area contributed by atoms with E-state index in [0.717, 1.165) is 18.2 Å². The molecule has 0 saturated heterocycles. The molecule has 2 rings (SSSR count). The zero-order valence-corrected chi connectivity index (χ0v) is 9.00. The number of para-hydroxylation sites is 1. The van der Waals surface area contributed by atoms with Gasteiger partial charge in [-0.15, -0.1) is 0 Å². The first-order valence-electron chi connectivity index (χ1n) is 5.01. The first kappa shape index (κ1) is 12.3. The standard InChI is InChI=1S/C12H8F4N2/c13-10-5-1-4-9(12(14,15)16)11(10)18-8-3-2-6-17-7-8/h1-7,18H. The van der Waals surface area contributed by atoms with Gasteiger partial charge in [0, 0.05) is 6.20 Å². The van der Waals surface area contributed by atoms with E-state index >= 15 is 0 Å². The molecular weight excluding hydrogens is 248 g/mol. The van der Waals surface area contributed by atoms with E-state index in [1.807, 2.05) is 0 Å². The Morgan fingerprint density at radius 3 is 2.44 bits per heavy atom. The molecule has 0 aliphatic heterocycles. The molecule has 1 N–H and O–H groups in total. The number of alkyl halides is 3. The minimum atomic E-state index is -4.62. The largest absolute Gasteiger partial charge is 0.418 e. The molecular formula is C12H8F4N2. The maximum atomic E-state index is 13.5. The first-order valence-corrected chi connectivity index (χ1v) is 5.01. The summed E-state index contributed by atoms with van der Waals surface area (Å²) in [6, 6.07) is 5.85. The second-order valence-corrected chi connectivity index (χ2v) is 3.53. The third-order valence-electron chi connectivity index (χ3n) is 2.25. The number of pyridine rings is 1. The van der Waals surface area contributed by atoms with Gasteiger partial charge in [0.15, 0.2) is 0 Å². The molecule has 0 radical (unpaired) electrons. The number of nitrogens with one attached hydrogen (secondary N) is 1. The lowest BCUT2D eigenvalue weighted by Gasteiger charge is -2.14. The van der Waals surface area contributed by atoms with Crippen LogP contribution >= 0.6 is 0 Å². The highest BCUT2D eigenvalue weighted by Crippen LogP contribution is 2.37. The summed E-state index contributed by atoms with van der Waals surface area (Å²) in [5, 5.41) is 2.39. The van der Waals surface area contributed by atoms with Crippen LogP contribution in [-0.4, -0.2) is 4.98 Å². The van der Waals surface area contributed by atoms with Gasteiger partial charge in [0.2, 0.25) is 0 Å². The van der Waals surface area contributed by atoms with E-state index in [9.17, 15) is 17.6 Å². The molecule has 0 spiro atoms. The lowest BCUT2D eigenvalue weighted by molar-refractivity contribution is -0.137. The molecule has 0 fully saturated rings. The predicted molar refractivity (Wildman–Crippen MR) is 58.9 cm³/mol. The van der Waals surface area contributed by atoms with Gasteiger partial charge in [-0.05, 0) is 24.3 Å². The Bertz CT molecular complexity index is 538. The van der Waals surface area contributed by atoms with Crippen molar-refractivity contribution in [1.29, 1.82) is 0 Å². The van der Waals surface area contributed by atoms with Crippen LogP contribution < -0.4 is 5.32 Å². The van der Waals surface area contributed by atoms with Gasteiger partial charge in [-0.1, -0.05) is 6.07 Å². The van der Waals surface area contributed by atoms with Gasteiger partial charge in [-0.2, -0.15) is 13.2 Å². The van der Waals surface area contributed by atoms with Crippen molar-refractivity contribution in [2.24, 2.45) is 0 Å². The van der Waals surface area contributed by atoms with Gasteiger partial charge in [0.25, 0.3) is 0 Å². The lowest BCUT2D eigenvalue weighted by atomic mass is 10.1. The molecule has 0 aliphatic rings. The summed E-state index contributed by atoms with van der Waals surface area (Å²) in [6.07, 6.45) is -1.84. The van der Waals surface area contributed by atoms with Gasteiger partial charge in [-0.3, -0.25) is 4.98 Å². The Balaban J connectivity index is 2.44. The van der Waals surface area contributed by atoms with Crippen LogP contribution in [0.5, 0.6) is 0 Å². The van der Waals surface area contributed by atoms with E-state index in [4.69, 9.17) is 0 Å². The number of anilines is 2. The van der Waals surface area contributed by atoms with E-state index in [2.05, 4.69) is 10.3 Å². The van der Waals surface area contributed by atoms with Crippen molar-refractivity contribution >= 4 is 11.4 Å². The summed E-state index contributed by atoms with van der Waals surface area (Å²) in [4.78, 5) is 3.74. The number of benzene rings is 1. The van der Waals surface area contributed by atoms with Gasteiger partial charge >= 0.3 is 6.18 Å². The normalized spacial score (nSPS) is 11.3. The number of rotatable bonds is 2. The van der Waals surface area contributed by atoms with Crippen LogP contribution in [0.3, 0.4) is 0 Å². The average molecular weight is 256 g/mol. The molecule has 0 amide bonds. The van der Waals surface area contributed by atoms with E-state index in [1.54, 1.807) is 0 Å². The molecule has 18 heavy (non-hydrogen) atoms. The maximum absolute atomic E-state index is 13.5. The van der Waals surface area contributed by atoms with E-state index in [-0.39, 0.29) is 5.69 Å². The number of hydrogen-bond acceptors (Lipinski definition) is 2. The second kappa shape index (κ2) is 4.64. The fourth-order valence-electron chi connectivity index (χ4n) is 1.47. The molecule has 0 saturated carbocycles. The summed E-state index contributed by atoms with van der Waals surface area (Å²) in [5.74, 6) is -0.964. The molecule has 1 aromatic carbocycles. The molecule has 1 heterocycles. The summed E-state index contributed by atoms with van der Waals surface area (Å²) in [7, 11) is 0. The molecule has 1 aromatic heterocycles. The van der Waals surface area contributed by atoms with Crippen LogP contribution in [-0.2, 0) is 6.18 Å². The van der Waals surface area contributed by atoms with Crippen molar-refractivity contribution in [3.05, 3.63) is 54.1 Å². The first-order chi connectivity index (χ1) is 8.48. The van der Waals surface area contributed by atoms with E-state index in [1.165, 1.54) is 24.5 Å². The summed E-state index contributed by atoms with van der Waals surface area (Å²) in [5.41, 5.74) is -1.36. The van der Waals surface area contributed by atoms with Crippen LogP contribution in [0.4, 0.5) is 28.9 Å². The molecule has 0 bridgehead atoms. The minimum absolute atomic E-state index is 0.285. The van der Waals surface area contributed by atoms with Crippen molar-refractivity contribution in [1.82, 2.24) is 4.98 Å². The maximum Gasteiger partial charge on any atom is 0.418 e. The van der Waals surface area contributed by atoms with E-state index in [0.29, 0.717) is 0 Å². The molecule has 94 valence electrons. The van der Waals surface area contributed by atoms with Gasteiger partial charge in [0.05, 0.1) is 23.1 Å². The van der Waals surface area contributed by atoms with Crippen molar-refractivity contribution < 1.29 is 17.6 Å². The Hall–Kier alpha value is -2.11. The van der Waals surface area contributed by atoms with Gasteiger partial charge in [-0.25, -0.2) is 4.39 Å². The Kier molecular flexibility index (Phi) is 3.18. The van der Waals surface area contributed by atoms with Crippen molar-refractivity contribution in [2.75, 3.05) is 5.32 Å². The highest BCUT2D eigenvalue weighted by molar-refractivity contribution is 5.63. The van der Waals surface area contributed by atoms with Crippen molar-refractivity contribution in [2.45, 2.75) is 6.18 Å². The topological polar surface area (TPSA) is 24.9 Å². The molecule has 2 aromatic rings. The zero-order valence-electron chi connectivity index (χ0n) is 9.00. The molecule has 0 unspecified atom stereocenters.